The van der Waals surface area contributed by atoms with Gasteiger partial charge in [-0.1, -0.05) is 13.8 Å². The van der Waals surface area contributed by atoms with Gasteiger partial charge in [-0.3, -0.25) is 4.79 Å². The van der Waals surface area contributed by atoms with Crippen molar-refractivity contribution >= 4 is 6.41 Å². The maximum atomic E-state index is 11.4. The van der Waals surface area contributed by atoms with Gasteiger partial charge in [-0.05, 0) is 77.0 Å². The maximum absolute atomic E-state index is 11.4. The molecule has 2 aliphatic carbocycles. The molecule has 0 aromatic heterocycles. The van der Waals surface area contributed by atoms with E-state index in [0.29, 0.717) is 12.3 Å². The first-order chi connectivity index (χ1) is 13.4. The van der Waals surface area contributed by atoms with E-state index < -0.39 is 5.60 Å². The fraction of sp³-hybridized carbons (Fsp3) is 0.957. The number of fused-ring (bicyclic) bond motifs is 1. The van der Waals surface area contributed by atoms with Crippen LogP contribution >= 0.6 is 0 Å². The SMILES string of the molecule is C[N-][C@@H]1[C@@H]2[C@@H]([C@@]3(C)CC[C@@H](C(C)(C)[N-]C)O3)CC[C@](C)(NC=O)[C@H]2CC[C@@]1(C)O. The minimum absolute atomic E-state index is 0.110. The van der Waals surface area contributed by atoms with Gasteiger partial charge in [0.2, 0.25) is 6.41 Å². The number of hydrogen-bond acceptors (Lipinski definition) is 3. The van der Waals surface area contributed by atoms with Crippen LogP contribution in [0.25, 0.3) is 10.6 Å². The summed E-state index contributed by atoms with van der Waals surface area (Å²) in [6, 6.07) is -0.150. The molecule has 1 amide bonds. The first-order valence-electron chi connectivity index (χ1n) is 11.3. The van der Waals surface area contributed by atoms with Crippen molar-refractivity contribution in [2.24, 2.45) is 17.8 Å². The summed E-state index contributed by atoms with van der Waals surface area (Å²) in [4.78, 5) is 11.4. The number of ether oxygens (including phenoxy) is 1. The Morgan fingerprint density at radius 3 is 2.31 bits per heavy atom. The first kappa shape index (κ1) is 23.0. The molecule has 1 heterocycles. The van der Waals surface area contributed by atoms with E-state index in [-0.39, 0.29) is 40.7 Å². The fourth-order valence-corrected chi connectivity index (χ4v) is 6.75. The first-order valence-corrected chi connectivity index (χ1v) is 11.3. The number of aliphatic hydroxyl groups is 1. The third kappa shape index (κ3) is 3.86. The van der Waals surface area contributed by atoms with Crippen LogP contribution in [0.15, 0.2) is 0 Å². The highest BCUT2D eigenvalue weighted by Crippen LogP contribution is 2.58. The molecule has 6 nitrogen and oxygen atoms in total. The Kier molecular flexibility index (Phi) is 6.16. The van der Waals surface area contributed by atoms with Crippen molar-refractivity contribution in [3.63, 3.8) is 0 Å². The highest BCUT2D eigenvalue weighted by Gasteiger charge is 2.58. The second kappa shape index (κ2) is 7.77. The van der Waals surface area contributed by atoms with Crippen molar-refractivity contribution in [2.45, 2.75) is 108 Å². The van der Waals surface area contributed by atoms with E-state index in [0.717, 1.165) is 38.5 Å². The third-order valence-electron chi connectivity index (χ3n) is 8.82. The molecule has 1 saturated heterocycles. The molecule has 0 bridgehead atoms. The summed E-state index contributed by atoms with van der Waals surface area (Å²) in [7, 11) is 3.70. The highest BCUT2D eigenvalue weighted by molar-refractivity contribution is 5.48. The second-order valence-electron chi connectivity index (χ2n) is 10.9. The molecule has 0 spiro atoms. The summed E-state index contributed by atoms with van der Waals surface area (Å²) >= 11 is 0. The average molecular weight is 408 g/mol. The van der Waals surface area contributed by atoms with E-state index in [2.05, 4.69) is 38.3 Å². The summed E-state index contributed by atoms with van der Waals surface area (Å²) in [6.07, 6.45) is 6.46. The Morgan fingerprint density at radius 2 is 1.72 bits per heavy atom. The zero-order valence-corrected chi connectivity index (χ0v) is 19.4. The van der Waals surface area contributed by atoms with Crippen LogP contribution in [-0.2, 0) is 9.53 Å². The quantitative estimate of drug-likeness (QED) is 0.657. The smallest absolute Gasteiger partial charge is 0.207 e. The summed E-state index contributed by atoms with van der Waals surface area (Å²) in [5.74, 6) is 0.760. The van der Waals surface area contributed by atoms with Crippen molar-refractivity contribution in [1.82, 2.24) is 5.32 Å². The Labute approximate surface area is 176 Å². The van der Waals surface area contributed by atoms with Gasteiger partial charge >= 0.3 is 0 Å². The summed E-state index contributed by atoms with van der Waals surface area (Å²) in [6.45, 7) is 10.6. The predicted octanol–water partition coefficient (Wildman–Crippen LogP) is 3.77. The molecule has 8 atom stereocenters. The topological polar surface area (TPSA) is 86.8 Å². The van der Waals surface area contributed by atoms with E-state index in [9.17, 15) is 9.90 Å². The largest absolute Gasteiger partial charge is 0.660 e. The van der Waals surface area contributed by atoms with Gasteiger partial charge in [-0.25, -0.2) is 0 Å². The zero-order chi connectivity index (χ0) is 21.7. The maximum Gasteiger partial charge on any atom is 0.207 e. The second-order valence-corrected chi connectivity index (χ2v) is 10.9. The normalized spacial score (nSPS) is 48.2. The predicted molar refractivity (Wildman–Crippen MR) is 116 cm³/mol. The number of carbonyl (C=O) groups excluding carboxylic acids is 1. The third-order valence-corrected chi connectivity index (χ3v) is 8.82. The molecule has 2 saturated carbocycles. The van der Waals surface area contributed by atoms with E-state index >= 15 is 0 Å². The molecule has 1 aliphatic heterocycles. The van der Waals surface area contributed by atoms with Crippen LogP contribution in [0.4, 0.5) is 0 Å². The number of likely N-dealkylation sites (N-methyl/N-ethyl adjacent to an activating group) is 2. The van der Waals surface area contributed by atoms with Gasteiger partial charge in [0.1, 0.15) is 0 Å². The van der Waals surface area contributed by atoms with E-state index in [1.807, 2.05) is 21.0 Å². The van der Waals surface area contributed by atoms with Crippen molar-refractivity contribution < 1.29 is 14.6 Å². The lowest BCUT2D eigenvalue weighted by atomic mass is 9.51. The number of nitrogens with one attached hydrogen (secondary N) is 1. The number of hydrogen-bond donors (Lipinski definition) is 2. The van der Waals surface area contributed by atoms with Crippen molar-refractivity contribution in [3.05, 3.63) is 10.6 Å². The monoisotopic (exact) mass is 407 g/mol. The molecule has 0 aromatic carbocycles. The Balaban J connectivity index is 1.95. The van der Waals surface area contributed by atoms with E-state index in [1.165, 1.54) is 0 Å². The van der Waals surface area contributed by atoms with Crippen molar-refractivity contribution in [2.75, 3.05) is 14.1 Å². The van der Waals surface area contributed by atoms with Gasteiger partial charge in [0.25, 0.3) is 0 Å². The van der Waals surface area contributed by atoms with Crippen molar-refractivity contribution in [3.8, 4) is 0 Å². The Hall–Kier alpha value is -0.690. The molecular weight excluding hydrogens is 366 g/mol. The molecule has 0 radical (unpaired) electrons. The fourth-order valence-electron chi connectivity index (χ4n) is 6.75. The lowest BCUT2D eigenvalue weighted by Crippen LogP contribution is -2.66. The molecule has 2 N–H and O–H groups in total. The minimum Gasteiger partial charge on any atom is -0.660 e. The lowest BCUT2D eigenvalue weighted by Gasteiger charge is -2.64. The van der Waals surface area contributed by atoms with Crippen LogP contribution in [0.3, 0.4) is 0 Å². The van der Waals surface area contributed by atoms with Gasteiger partial charge in [-0.2, -0.15) is 14.1 Å². The minimum atomic E-state index is -0.819. The molecule has 3 aliphatic rings. The molecular formula is C23H41N3O3-2. The Bertz CT molecular complexity index is 610. The number of amides is 1. The summed E-state index contributed by atoms with van der Waals surface area (Å²) in [5, 5.41) is 23.6. The van der Waals surface area contributed by atoms with Crippen molar-refractivity contribution in [1.29, 1.82) is 0 Å². The van der Waals surface area contributed by atoms with Gasteiger partial charge in [0.15, 0.2) is 0 Å². The lowest BCUT2D eigenvalue weighted by molar-refractivity contribution is -0.156. The standard InChI is InChI=1S/C23H41N3O3/c1-20(2,25-7)17-10-13-23(5,29-17)16-8-11-21(3,26-14-27)15-9-12-22(4,28)19(24-6)18(15)16/h14-19,28H,8-13H2,1-7H3,(H,26,27)/q-2/t15-,16-,17-,18-,19+,21-,22+,23+/m0/s1. The number of nitrogens with zero attached hydrogens (tertiary/aromatic N) is 2. The average Bonchev–Trinajstić information content (AvgIpc) is 3.05. The van der Waals surface area contributed by atoms with E-state index in [4.69, 9.17) is 10.1 Å². The van der Waals surface area contributed by atoms with Crippen LogP contribution in [0.5, 0.6) is 0 Å². The number of carbonyl (C=O) groups is 1. The van der Waals surface area contributed by atoms with Crippen LogP contribution in [0.2, 0.25) is 0 Å². The van der Waals surface area contributed by atoms with Gasteiger partial charge < -0.3 is 25.8 Å². The van der Waals surface area contributed by atoms with Crippen LogP contribution < -0.4 is 5.32 Å². The van der Waals surface area contributed by atoms with Gasteiger partial charge in [-0.15, -0.1) is 11.6 Å². The van der Waals surface area contributed by atoms with E-state index in [1.54, 1.807) is 0 Å². The molecule has 3 rings (SSSR count). The van der Waals surface area contributed by atoms with Crippen LogP contribution in [-0.4, -0.2) is 60.0 Å². The Morgan fingerprint density at radius 1 is 1.07 bits per heavy atom. The van der Waals surface area contributed by atoms with Gasteiger partial charge in [0, 0.05) is 17.2 Å². The molecule has 0 unspecified atom stereocenters. The summed E-state index contributed by atoms with van der Waals surface area (Å²) in [5.41, 5.74) is -1.53. The molecule has 6 heteroatoms. The zero-order valence-electron chi connectivity index (χ0n) is 19.4. The highest BCUT2D eigenvalue weighted by atomic mass is 16.5. The molecule has 29 heavy (non-hydrogen) atoms. The van der Waals surface area contributed by atoms with Crippen LogP contribution in [0, 0.1) is 17.8 Å². The summed E-state index contributed by atoms with van der Waals surface area (Å²) < 4.78 is 6.78. The molecule has 0 aromatic rings. The van der Waals surface area contributed by atoms with Crippen LogP contribution in [0.1, 0.15) is 73.1 Å². The molecule has 3 fully saturated rings. The van der Waals surface area contributed by atoms with Gasteiger partial charge in [0.05, 0.1) is 5.60 Å². The number of rotatable bonds is 6. The molecule has 168 valence electrons.